The van der Waals surface area contributed by atoms with Gasteiger partial charge < -0.3 is 5.32 Å². The number of nitrogens with one attached hydrogen (secondary N) is 3. The molecule has 0 bridgehead atoms. The molecular formula is C18H15ClN6O3. The average Bonchev–Trinajstić information content (AvgIpc) is 2.68. The second-order valence-electron chi connectivity index (χ2n) is 5.68. The summed E-state index contributed by atoms with van der Waals surface area (Å²) in [5.74, 6) is -0.691. The maximum absolute atomic E-state index is 12.3. The van der Waals surface area contributed by atoms with Crippen molar-refractivity contribution in [3.63, 3.8) is 0 Å². The van der Waals surface area contributed by atoms with Gasteiger partial charge in [-0.15, -0.1) is 0 Å². The number of aryl methyl sites for hydroxylation is 1. The summed E-state index contributed by atoms with van der Waals surface area (Å²) in [4.78, 5) is 31.0. The number of anilines is 3. The zero-order valence-corrected chi connectivity index (χ0v) is 15.4. The quantitative estimate of drug-likeness (QED) is 0.425. The summed E-state index contributed by atoms with van der Waals surface area (Å²) in [6.45, 7) is 1.79. The van der Waals surface area contributed by atoms with E-state index in [0.29, 0.717) is 16.3 Å². The van der Waals surface area contributed by atoms with Crippen LogP contribution in [-0.2, 0) is 0 Å². The molecule has 1 amide bonds. The number of rotatable bonds is 6. The predicted octanol–water partition coefficient (Wildman–Crippen LogP) is 3.85. The van der Waals surface area contributed by atoms with E-state index in [9.17, 15) is 14.9 Å². The van der Waals surface area contributed by atoms with E-state index in [-0.39, 0.29) is 11.6 Å². The molecular weight excluding hydrogens is 384 g/mol. The van der Waals surface area contributed by atoms with Crippen LogP contribution in [0.15, 0.2) is 54.9 Å². The van der Waals surface area contributed by atoms with Crippen molar-refractivity contribution in [3.05, 3.63) is 81.1 Å². The molecule has 9 nitrogen and oxygen atoms in total. The Morgan fingerprint density at radius 1 is 1.07 bits per heavy atom. The van der Waals surface area contributed by atoms with E-state index < -0.39 is 16.5 Å². The lowest BCUT2D eigenvalue weighted by Crippen LogP contribution is -2.30. The lowest BCUT2D eigenvalue weighted by molar-refractivity contribution is -0.383. The van der Waals surface area contributed by atoms with Crippen LogP contribution in [0, 0.1) is 17.0 Å². The summed E-state index contributed by atoms with van der Waals surface area (Å²) < 4.78 is 0. The average molecular weight is 399 g/mol. The molecule has 3 rings (SSSR count). The highest BCUT2D eigenvalue weighted by Crippen LogP contribution is 2.32. The van der Waals surface area contributed by atoms with Crippen LogP contribution < -0.4 is 16.2 Å². The van der Waals surface area contributed by atoms with Crippen LogP contribution in [0.4, 0.5) is 23.0 Å². The van der Waals surface area contributed by atoms with Gasteiger partial charge in [0.25, 0.3) is 5.91 Å². The number of aromatic nitrogens is 2. The van der Waals surface area contributed by atoms with Crippen LogP contribution in [0.1, 0.15) is 15.9 Å². The number of nitrogens with zero attached hydrogens (tertiary/aromatic N) is 3. The molecule has 0 aliphatic rings. The summed E-state index contributed by atoms with van der Waals surface area (Å²) in [5.41, 5.74) is 6.12. The van der Waals surface area contributed by atoms with Gasteiger partial charge in [-0.25, -0.2) is 9.97 Å². The van der Waals surface area contributed by atoms with Crippen molar-refractivity contribution in [1.29, 1.82) is 0 Å². The van der Waals surface area contributed by atoms with Gasteiger partial charge in [0.05, 0.1) is 15.6 Å². The summed E-state index contributed by atoms with van der Waals surface area (Å²) in [6.07, 6.45) is 1.13. The van der Waals surface area contributed by atoms with E-state index in [1.165, 1.54) is 0 Å². The Labute approximate surface area is 164 Å². The molecule has 2 aromatic carbocycles. The fourth-order valence-corrected chi connectivity index (χ4v) is 2.62. The minimum atomic E-state index is -0.651. The Morgan fingerprint density at radius 2 is 1.75 bits per heavy atom. The van der Waals surface area contributed by atoms with Crippen molar-refractivity contribution in [3.8, 4) is 0 Å². The fraction of sp³-hybridized carbons (Fsp3) is 0.0556. The highest BCUT2D eigenvalue weighted by molar-refractivity contribution is 6.33. The van der Waals surface area contributed by atoms with E-state index in [2.05, 4.69) is 26.1 Å². The van der Waals surface area contributed by atoms with Crippen molar-refractivity contribution in [2.45, 2.75) is 6.92 Å². The molecule has 142 valence electrons. The monoisotopic (exact) mass is 398 g/mol. The molecule has 0 spiro atoms. The lowest BCUT2D eigenvalue weighted by atomic mass is 10.1. The first-order chi connectivity index (χ1) is 13.5. The number of carbonyl (C=O) groups is 1. The molecule has 0 saturated carbocycles. The van der Waals surface area contributed by atoms with Crippen LogP contribution in [0.2, 0.25) is 5.02 Å². The SMILES string of the molecule is Cc1ccccc1C(=O)NNc1ncnc(Nc2ccccc2Cl)c1[N+](=O)[O-]. The third kappa shape index (κ3) is 4.15. The van der Waals surface area contributed by atoms with Crippen LogP contribution >= 0.6 is 11.6 Å². The molecule has 28 heavy (non-hydrogen) atoms. The van der Waals surface area contributed by atoms with Gasteiger partial charge in [0, 0.05) is 5.56 Å². The van der Waals surface area contributed by atoms with Crippen molar-refractivity contribution in [2.24, 2.45) is 0 Å². The lowest BCUT2D eigenvalue weighted by Gasteiger charge is -2.12. The van der Waals surface area contributed by atoms with E-state index >= 15 is 0 Å². The van der Waals surface area contributed by atoms with Gasteiger partial charge in [0.15, 0.2) is 0 Å². The minimum absolute atomic E-state index is 0.0688. The van der Waals surface area contributed by atoms with Crippen molar-refractivity contribution >= 4 is 40.5 Å². The van der Waals surface area contributed by atoms with Crippen LogP contribution in [0.3, 0.4) is 0 Å². The van der Waals surface area contributed by atoms with E-state index in [0.717, 1.165) is 11.9 Å². The largest absolute Gasteiger partial charge is 0.355 e. The first-order valence-corrected chi connectivity index (χ1v) is 8.48. The van der Waals surface area contributed by atoms with Crippen LogP contribution in [0.25, 0.3) is 0 Å². The molecule has 0 aliphatic heterocycles. The third-order valence-corrected chi connectivity index (χ3v) is 4.15. The second-order valence-corrected chi connectivity index (χ2v) is 6.08. The Hall–Kier alpha value is -3.72. The van der Waals surface area contributed by atoms with Gasteiger partial charge in [-0.1, -0.05) is 41.9 Å². The number of halogens is 1. The normalized spacial score (nSPS) is 10.2. The summed E-state index contributed by atoms with van der Waals surface area (Å²) in [6, 6.07) is 13.7. The summed E-state index contributed by atoms with van der Waals surface area (Å²) in [5, 5.41) is 14.8. The van der Waals surface area contributed by atoms with Gasteiger partial charge in [-0.3, -0.25) is 25.8 Å². The van der Waals surface area contributed by atoms with Crippen molar-refractivity contribution < 1.29 is 9.72 Å². The maximum Gasteiger partial charge on any atom is 0.355 e. The third-order valence-electron chi connectivity index (χ3n) is 3.82. The van der Waals surface area contributed by atoms with Crippen LogP contribution in [-0.4, -0.2) is 20.8 Å². The molecule has 10 heteroatoms. The number of benzene rings is 2. The predicted molar refractivity (Wildman–Crippen MR) is 106 cm³/mol. The second kappa shape index (κ2) is 8.31. The first kappa shape index (κ1) is 19.1. The van der Waals surface area contributed by atoms with Crippen LogP contribution in [0.5, 0.6) is 0 Å². The molecule has 0 saturated heterocycles. The number of hydrogen-bond donors (Lipinski definition) is 3. The molecule has 1 aromatic heterocycles. The van der Waals surface area contributed by atoms with E-state index in [4.69, 9.17) is 11.6 Å². The minimum Gasteiger partial charge on any atom is -0.333 e. The van der Waals surface area contributed by atoms with Gasteiger partial charge in [0.1, 0.15) is 6.33 Å². The molecule has 0 fully saturated rings. The fourth-order valence-electron chi connectivity index (χ4n) is 2.44. The zero-order valence-electron chi connectivity index (χ0n) is 14.6. The molecule has 0 radical (unpaired) electrons. The molecule has 0 aliphatic carbocycles. The highest BCUT2D eigenvalue weighted by Gasteiger charge is 2.24. The molecule has 3 N–H and O–H groups in total. The molecule has 3 aromatic rings. The number of hydrazine groups is 1. The number of para-hydroxylation sites is 1. The maximum atomic E-state index is 12.3. The Kier molecular flexibility index (Phi) is 5.66. The molecule has 0 atom stereocenters. The van der Waals surface area contributed by atoms with E-state index in [1.54, 1.807) is 49.4 Å². The number of nitro groups is 1. The number of carbonyl (C=O) groups excluding carboxylic acids is 1. The number of amides is 1. The smallest absolute Gasteiger partial charge is 0.333 e. The Balaban J connectivity index is 1.85. The van der Waals surface area contributed by atoms with Gasteiger partial charge in [0.2, 0.25) is 11.6 Å². The molecule has 1 heterocycles. The van der Waals surface area contributed by atoms with E-state index in [1.807, 2.05) is 6.07 Å². The first-order valence-electron chi connectivity index (χ1n) is 8.10. The standard InChI is InChI=1S/C18H15ClN6O3/c1-11-6-2-3-7-12(11)18(26)24-23-17-15(25(27)28)16(20-10-21-17)22-14-9-5-4-8-13(14)19/h2-10H,1H3,(H,24,26)(H2,20,21,22,23). The van der Waals surface area contributed by atoms with Crippen molar-refractivity contribution in [1.82, 2.24) is 15.4 Å². The molecule has 0 unspecified atom stereocenters. The van der Waals surface area contributed by atoms with Crippen molar-refractivity contribution in [2.75, 3.05) is 10.7 Å². The topological polar surface area (TPSA) is 122 Å². The Bertz CT molecular complexity index is 1040. The van der Waals surface area contributed by atoms with Gasteiger partial charge in [-0.2, -0.15) is 0 Å². The Morgan fingerprint density at radius 3 is 2.46 bits per heavy atom. The number of hydrogen-bond acceptors (Lipinski definition) is 7. The summed E-state index contributed by atoms with van der Waals surface area (Å²) >= 11 is 6.08. The van der Waals surface area contributed by atoms with Gasteiger partial charge in [-0.05, 0) is 30.7 Å². The zero-order chi connectivity index (χ0) is 20.1. The van der Waals surface area contributed by atoms with Gasteiger partial charge >= 0.3 is 5.69 Å². The highest BCUT2D eigenvalue weighted by atomic mass is 35.5. The summed E-state index contributed by atoms with van der Waals surface area (Å²) in [7, 11) is 0.